The van der Waals surface area contributed by atoms with E-state index in [9.17, 15) is 18.0 Å². The van der Waals surface area contributed by atoms with Crippen molar-refractivity contribution in [3.05, 3.63) is 36.4 Å². The Hall–Kier alpha value is -2.47. The van der Waals surface area contributed by atoms with Crippen LogP contribution in [0.25, 0.3) is 10.4 Å². The molecule has 0 spiro atoms. The van der Waals surface area contributed by atoms with E-state index in [-0.39, 0.29) is 28.1 Å². The zero-order valence-corrected chi connectivity index (χ0v) is 24.4. The standard InChI is InChI=1S/C28H38N4O5S2/c1-28(20-30-15-3-4-16-30)14-6-18-32(28)25(33)19-31-17-5-7-23(27(31)34)29-39(35,36)26-13-12-24(38-26)21-8-10-22(37-2)11-9-21/h8-13,23,29H,3-7,14-20H2,1-2H3/t23-,28-/m0/s1. The van der Waals surface area contributed by atoms with E-state index in [0.29, 0.717) is 25.9 Å². The number of carbonyl (C=O) groups excluding carboxylic acids is 2. The Kier molecular flexibility index (Phi) is 8.32. The molecule has 9 nitrogen and oxygen atoms in total. The lowest BCUT2D eigenvalue weighted by Gasteiger charge is -2.40. The molecule has 0 bridgehead atoms. The summed E-state index contributed by atoms with van der Waals surface area (Å²) in [6, 6.07) is 9.87. The van der Waals surface area contributed by atoms with Gasteiger partial charge in [0.2, 0.25) is 11.8 Å². The normalized spacial score (nSPS) is 24.5. The van der Waals surface area contributed by atoms with Crippen LogP contribution < -0.4 is 9.46 Å². The van der Waals surface area contributed by atoms with E-state index >= 15 is 0 Å². The van der Waals surface area contributed by atoms with E-state index in [1.807, 2.05) is 29.2 Å². The predicted octanol–water partition coefficient (Wildman–Crippen LogP) is 3.17. The summed E-state index contributed by atoms with van der Waals surface area (Å²) in [4.78, 5) is 33.5. The Morgan fingerprint density at radius 2 is 1.79 bits per heavy atom. The first-order valence-corrected chi connectivity index (χ1v) is 16.1. The van der Waals surface area contributed by atoms with Gasteiger partial charge in [0, 0.05) is 24.5 Å². The van der Waals surface area contributed by atoms with Crippen molar-refractivity contribution in [2.45, 2.75) is 61.2 Å². The Labute approximate surface area is 235 Å². The zero-order valence-electron chi connectivity index (χ0n) is 22.7. The van der Waals surface area contributed by atoms with Gasteiger partial charge >= 0.3 is 0 Å². The average Bonchev–Trinajstić information content (AvgIpc) is 3.68. The maximum absolute atomic E-state index is 13.4. The Morgan fingerprint density at radius 1 is 1.05 bits per heavy atom. The summed E-state index contributed by atoms with van der Waals surface area (Å²) in [6.45, 7) is 6.34. The number of methoxy groups -OCH3 is 1. The van der Waals surface area contributed by atoms with Gasteiger partial charge < -0.3 is 19.4 Å². The number of ether oxygens (including phenoxy) is 1. The van der Waals surface area contributed by atoms with E-state index in [2.05, 4.69) is 16.5 Å². The summed E-state index contributed by atoms with van der Waals surface area (Å²) >= 11 is 1.16. The highest BCUT2D eigenvalue weighted by Crippen LogP contribution is 2.33. The number of rotatable bonds is 9. The van der Waals surface area contributed by atoms with Crippen LogP contribution >= 0.6 is 11.3 Å². The summed E-state index contributed by atoms with van der Waals surface area (Å²) in [7, 11) is -2.30. The van der Waals surface area contributed by atoms with Gasteiger partial charge in [0.15, 0.2) is 0 Å². The van der Waals surface area contributed by atoms with Crippen molar-refractivity contribution >= 4 is 33.2 Å². The molecule has 1 N–H and O–H groups in total. The van der Waals surface area contributed by atoms with E-state index < -0.39 is 16.1 Å². The second-order valence-corrected chi connectivity index (χ2v) is 14.1. The zero-order chi connectivity index (χ0) is 27.6. The monoisotopic (exact) mass is 574 g/mol. The molecular weight excluding hydrogens is 536 g/mol. The van der Waals surface area contributed by atoms with Crippen LogP contribution in [0.5, 0.6) is 5.75 Å². The third-order valence-electron chi connectivity index (χ3n) is 8.19. The Balaban J connectivity index is 1.22. The number of piperidine rings is 1. The Bertz CT molecular complexity index is 1290. The average molecular weight is 575 g/mol. The first kappa shape index (κ1) is 28.1. The van der Waals surface area contributed by atoms with Crippen LogP contribution in [0.2, 0.25) is 0 Å². The molecule has 1 aromatic carbocycles. The van der Waals surface area contributed by atoms with Gasteiger partial charge in [0.05, 0.1) is 19.2 Å². The van der Waals surface area contributed by atoms with Gasteiger partial charge in [-0.2, -0.15) is 4.72 Å². The number of benzene rings is 1. The summed E-state index contributed by atoms with van der Waals surface area (Å²) in [5.74, 6) is 0.351. The first-order chi connectivity index (χ1) is 18.7. The highest BCUT2D eigenvalue weighted by Gasteiger charge is 2.42. The van der Waals surface area contributed by atoms with E-state index in [1.165, 1.54) is 17.7 Å². The summed E-state index contributed by atoms with van der Waals surface area (Å²) in [6.07, 6.45) is 5.39. The third kappa shape index (κ3) is 6.16. The van der Waals surface area contributed by atoms with Crippen LogP contribution in [-0.4, -0.2) is 92.9 Å². The summed E-state index contributed by atoms with van der Waals surface area (Å²) < 4.78 is 34.4. The molecule has 2 atom stereocenters. The maximum atomic E-state index is 13.4. The van der Waals surface area contributed by atoms with Gasteiger partial charge in [-0.05, 0) is 100 Å². The van der Waals surface area contributed by atoms with Crippen LogP contribution in [0, 0.1) is 0 Å². The van der Waals surface area contributed by atoms with Crippen LogP contribution in [0.15, 0.2) is 40.6 Å². The van der Waals surface area contributed by atoms with Crippen molar-refractivity contribution < 1.29 is 22.7 Å². The number of nitrogens with one attached hydrogen (secondary N) is 1. The maximum Gasteiger partial charge on any atom is 0.250 e. The molecule has 3 aliphatic rings. The number of likely N-dealkylation sites (tertiary alicyclic amines) is 3. The second-order valence-electron chi connectivity index (χ2n) is 11.1. The minimum absolute atomic E-state index is 0.00668. The number of sulfonamides is 1. The molecule has 0 radical (unpaired) electrons. The number of amides is 2. The molecule has 2 aromatic rings. The summed E-state index contributed by atoms with van der Waals surface area (Å²) in [5.41, 5.74) is 0.668. The predicted molar refractivity (Wildman–Crippen MR) is 151 cm³/mol. The number of nitrogens with zero attached hydrogens (tertiary/aromatic N) is 3. The van der Waals surface area contributed by atoms with Crippen molar-refractivity contribution in [1.82, 2.24) is 19.4 Å². The number of thiophene rings is 1. The van der Waals surface area contributed by atoms with E-state index in [4.69, 9.17) is 4.74 Å². The highest BCUT2D eigenvalue weighted by atomic mass is 32.2. The van der Waals surface area contributed by atoms with E-state index in [0.717, 1.165) is 60.0 Å². The lowest BCUT2D eigenvalue weighted by Crippen LogP contribution is -2.57. The molecule has 0 unspecified atom stereocenters. The number of hydrogen-bond donors (Lipinski definition) is 1. The molecule has 3 saturated heterocycles. The molecule has 3 fully saturated rings. The van der Waals surface area contributed by atoms with E-state index in [1.54, 1.807) is 19.2 Å². The fourth-order valence-electron chi connectivity index (χ4n) is 6.11. The SMILES string of the molecule is COc1ccc(-c2ccc(S(=O)(=O)N[C@H]3CCCN(CC(=O)N4CCC[C@@]4(C)CN4CCCC4)C3=O)s2)cc1. The molecular formula is C28H38N4O5S2. The van der Waals surface area contributed by atoms with Gasteiger partial charge in [0.1, 0.15) is 16.0 Å². The highest BCUT2D eigenvalue weighted by molar-refractivity contribution is 7.91. The van der Waals surface area contributed by atoms with Crippen LogP contribution in [0.4, 0.5) is 0 Å². The van der Waals surface area contributed by atoms with Crippen molar-refractivity contribution in [3.63, 3.8) is 0 Å². The molecule has 212 valence electrons. The molecule has 5 rings (SSSR count). The van der Waals surface area contributed by atoms with Gasteiger partial charge in [-0.15, -0.1) is 11.3 Å². The van der Waals surface area contributed by atoms with Crippen LogP contribution in [0.1, 0.15) is 45.4 Å². The molecule has 11 heteroatoms. The number of carbonyl (C=O) groups is 2. The van der Waals surface area contributed by atoms with Crippen molar-refractivity contribution in [1.29, 1.82) is 0 Å². The number of hydrogen-bond acceptors (Lipinski definition) is 7. The quantitative estimate of drug-likeness (QED) is 0.494. The molecule has 2 amide bonds. The van der Waals surface area contributed by atoms with Gasteiger partial charge in [-0.1, -0.05) is 0 Å². The summed E-state index contributed by atoms with van der Waals surface area (Å²) in [5, 5.41) is 0. The van der Waals surface area contributed by atoms with Crippen molar-refractivity contribution in [2.75, 3.05) is 46.4 Å². The molecule has 4 heterocycles. The molecule has 39 heavy (non-hydrogen) atoms. The first-order valence-electron chi connectivity index (χ1n) is 13.8. The van der Waals surface area contributed by atoms with Crippen molar-refractivity contribution in [3.8, 4) is 16.2 Å². The van der Waals surface area contributed by atoms with Crippen molar-refractivity contribution in [2.24, 2.45) is 0 Å². The molecule has 0 saturated carbocycles. The largest absolute Gasteiger partial charge is 0.497 e. The van der Waals surface area contributed by atoms with Crippen LogP contribution in [0.3, 0.4) is 0 Å². The van der Waals surface area contributed by atoms with Gasteiger partial charge in [-0.3, -0.25) is 9.59 Å². The van der Waals surface area contributed by atoms with Crippen LogP contribution in [-0.2, 0) is 19.6 Å². The minimum Gasteiger partial charge on any atom is -0.497 e. The fourth-order valence-corrected chi connectivity index (χ4v) is 8.66. The lowest BCUT2D eigenvalue weighted by atomic mass is 9.97. The van der Waals surface area contributed by atoms with Gasteiger partial charge in [-0.25, -0.2) is 8.42 Å². The van der Waals surface area contributed by atoms with Gasteiger partial charge in [0.25, 0.3) is 10.0 Å². The fraction of sp³-hybridized carbons (Fsp3) is 0.571. The second kappa shape index (κ2) is 11.6. The molecule has 0 aliphatic carbocycles. The topological polar surface area (TPSA) is 99.3 Å². The lowest BCUT2D eigenvalue weighted by molar-refractivity contribution is -0.145. The smallest absolute Gasteiger partial charge is 0.250 e. The molecule has 1 aromatic heterocycles. The third-order valence-corrected chi connectivity index (χ3v) is 11.3. The Morgan fingerprint density at radius 3 is 2.51 bits per heavy atom. The molecule has 3 aliphatic heterocycles. The minimum atomic E-state index is -3.90.